The molecule has 1 aromatic heterocycles. The molecule has 5 rings (SSSR count). The van der Waals surface area contributed by atoms with Gasteiger partial charge in [-0.2, -0.15) is 4.72 Å². The molecule has 1 amide bonds. The maximum Gasteiger partial charge on any atom is 0.242 e. The Bertz CT molecular complexity index is 1710. The molecule has 2 N–H and O–H groups in total. The van der Waals surface area contributed by atoms with Gasteiger partial charge in [0.1, 0.15) is 11.8 Å². The quantitative estimate of drug-likeness (QED) is 0.236. The summed E-state index contributed by atoms with van der Waals surface area (Å²) in [5, 5.41) is 5.08. The first kappa shape index (κ1) is 26.5. The van der Waals surface area contributed by atoms with Crippen molar-refractivity contribution in [3.05, 3.63) is 103 Å². The molecule has 7 nitrogen and oxygen atoms in total. The molecule has 1 heterocycles. The maximum atomic E-state index is 13.6. The first-order valence-electron chi connectivity index (χ1n) is 13.0. The number of fused-ring (bicyclic) bond motifs is 3. The summed E-state index contributed by atoms with van der Waals surface area (Å²) in [5.74, 6) is 0.141. The van der Waals surface area contributed by atoms with Gasteiger partial charge in [0.15, 0.2) is 0 Å². The maximum absolute atomic E-state index is 13.6. The summed E-state index contributed by atoms with van der Waals surface area (Å²) in [4.78, 5) is 13.6. The molecule has 0 saturated carbocycles. The number of nitrogens with zero attached hydrogens (tertiary/aromatic N) is 1. The van der Waals surface area contributed by atoms with Crippen LogP contribution in [0.4, 0.5) is 5.69 Å². The van der Waals surface area contributed by atoms with Gasteiger partial charge in [0.05, 0.1) is 11.5 Å². The highest BCUT2D eigenvalue weighted by Gasteiger charge is 2.26. The third-order valence-electron chi connectivity index (χ3n) is 6.70. The van der Waals surface area contributed by atoms with Gasteiger partial charge in [-0.1, -0.05) is 48.5 Å². The van der Waals surface area contributed by atoms with Crippen LogP contribution < -0.4 is 14.8 Å². The van der Waals surface area contributed by atoms with Gasteiger partial charge in [0, 0.05) is 34.0 Å². The number of anilines is 1. The van der Waals surface area contributed by atoms with Crippen LogP contribution in [-0.4, -0.2) is 31.5 Å². The summed E-state index contributed by atoms with van der Waals surface area (Å²) in [7, 11) is -3.98. The van der Waals surface area contributed by atoms with Crippen molar-refractivity contribution in [1.29, 1.82) is 0 Å². The fraction of sp³-hybridized carbons (Fsp3) is 0.194. The van der Waals surface area contributed by atoms with Crippen molar-refractivity contribution in [3.63, 3.8) is 0 Å². The summed E-state index contributed by atoms with van der Waals surface area (Å²) >= 11 is 0. The Balaban J connectivity index is 1.44. The fourth-order valence-electron chi connectivity index (χ4n) is 4.88. The van der Waals surface area contributed by atoms with E-state index in [-0.39, 0.29) is 11.3 Å². The van der Waals surface area contributed by atoms with E-state index in [4.69, 9.17) is 4.74 Å². The van der Waals surface area contributed by atoms with Crippen LogP contribution in [0.3, 0.4) is 0 Å². The van der Waals surface area contributed by atoms with Crippen LogP contribution in [0.1, 0.15) is 19.4 Å². The molecule has 39 heavy (non-hydrogen) atoms. The summed E-state index contributed by atoms with van der Waals surface area (Å²) < 4.78 is 36.8. The monoisotopic (exact) mass is 541 g/mol. The SMILES string of the molecule is CCOc1ccc(S(=O)(=O)N[C@H](Cc2ccccc2)C(=O)Nc2ccc3c(c2)c2ccccc2n3CC)cc1. The molecule has 8 heteroatoms. The number of carbonyl (C=O) groups excluding carboxylic acids is 1. The van der Waals surface area contributed by atoms with Crippen LogP contribution in [0.2, 0.25) is 0 Å². The molecule has 0 saturated heterocycles. The molecule has 0 spiro atoms. The van der Waals surface area contributed by atoms with Crippen LogP contribution in [0.25, 0.3) is 21.8 Å². The number of rotatable bonds is 10. The fourth-order valence-corrected chi connectivity index (χ4v) is 6.07. The molecule has 1 atom stereocenters. The first-order chi connectivity index (χ1) is 18.9. The van der Waals surface area contributed by atoms with E-state index < -0.39 is 22.0 Å². The van der Waals surface area contributed by atoms with E-state index in [2.05, 4.69) is 33.7 Å². The molecular weight excluding hydrogens is 510 g/mol. The standard InChI is InChI=1S/C31H31N3O4S/c1-3-34-29-13-9-8-12-26(29)27-21-23(14-19-30(27)34)32-31(35)28(20-22-10-6-5-7-11-22)33-39(36,37)25-17-15-24(16-18-25)38-4-2/h5-19,21,28,33H,3-4,20H2,1-2H3,(H,32,35)/t28-/m1/s1. The molecule has 0 aliphatic carbocycles. The Morgan fingerprint density at radius 1 is 0.846 bits per heavy atom. The van der Waals surface area contributed by atoms with Gasteiger partial charge < -0.3 is 14.6 Å². The lowest BCUT2D eigenvalue weighted by molar-refractivity contribution is -0.117. The Labute approximate surface area is 228 Å². The van der Waals surface area contributed by atoms with Crippen LogP contribution in [0, 0.1) is 0 Å². The number of benzene rings is 4. The number of sulfonamides is 1. The van der Waals surface area contributed by atoms with Gasteiger partial charge in [-0.15, -0.1) is 0 Å². The summed E-state index contributed by atoms with van der Waals surface area (Å²) in [6.45, 7) is 5.27. The molecule has 0 radical (unpaired) electrons. The smallest absolute Gasteiger partial charge is 0.242 e. The minimum Gasteiger partial charge on any atom is -0.494 e. The van der Waals surface area contributed by atoms with Gasteiger partial charge in [-0.3, -0.25) is 4.79 Å². The zero-order chi connectivity index (χ0) is 27.4. The molecule has 0 unspecified atom stereocenters. The third kappa shape index (κ3) is 5.67. The average molecular weight is 542 g/mol. The molecule has 200 valence electrons. The number of carbonyl (C=O) groups is 1. The van der Waals surface area contributed by atoms with Gasteiger partial charge in [0.2, 0.25) is 15.9 Å². The van der Waals surface area contributed by atoms with Crippen molar-refractivity contribution in [3.8, 4) is 5.75 Å². The van der Waals surface area contributed by atoms with Crippen LogP contribution >= 0.6 is 0 Å². The highest BCUT2D eigenvalue weighted by molar-refractivity contribution is 7.89. The second-order valence-corrected chi connectivity index (χ2v) is 11.0. The molecule has 0 bridgehead atoms. The largest absolute Gasteiger partial charge is 0.494 e. The predicted octanol–water partition coefficient (Wildman–Crippen LogP) is 5.74. The highest BCUT2D eigenvalue weighted by Crippen LogP contribution is 2.31. The number of aryl methyl sites for hydroxylation is 1. The van der Waals surface area contributed by atoms with E-state index in [1.165, 1.54) is 12.1 Å². The number of hydrogen-bond acceptors (Lipinski definition) is 4. The lowest BCUT2D eigenvalue weighted by atomic mass is 10.1. The zero-order valence-electron chi connectivity index (χ0n) is 21.9. The summed E-state index contributed by atoms with van der Waals surface area (Å²) in [5.41, 5.74) is 3.65. The topological polar surface area (TPSA) is 89.4 Å². The summed E-state index contributed by atoms with van der Waals surface area (Å²) in [6, 6.07) is 28.4. The van der Waals surface area contributed by atoms with Gasteiger partial charge >= 0.3 is 0 Å². The highest BCUT2D eigenvalue weighted by atomic mass is 32.2. The Kier molecular flexibility index (Phi) is 7.67. The van der Waals surface area contributed by atoms with Crippen LogP contribution in [0.15, 0.2) is 102 Å². The van der Waals surface area contributed by atoms with Crippen molar-refractivity contribution < 1.29 is 17.9 Å². The Morgan fingerprint density at radius 2 is 1.54 bits per heavy atom. The number of para-hydroxylation sites is 1. The second-order valence-electron chi connectivity index (χ2n) is 9.25. The number of ether oxygens (including phenoxy) is 1. The minimum atomic E-state index is -3.98. The number of aromatic nitrogens is 1. The van der Waals surface area contributed by atoms with Crippen molar-refractivity contribution in [1.82, 2.24) is 9.29 Å². The molecular formula is C31H31N3O4S. The second kappa shape index (κ2) is 11.3. The van der Waals surface area contributed by atoms with Gasteiger partial charge in [0.25, 0.3) is 0 Å². The van der Waals surface area contributed by atoms with Crippen molar-refractivity contribution >= 4 is 43.4 Å². The van der Waals surface area contributed by atoms with Gasteiger partial charge in [-0.05, 0) is 74.4 Å². The van der Waals surface area contributed by atoms with Gasteiger partial charge in [-0.25, -0.2) is 8.42 Å². The van der Waals surface area contributed by atoms with Crippen molar-refractivity contribution in [2.45, 2.75) is 37.8 Å². The Morgan fingerprint density at radius 3 is 2.26 bits per heavy atom. The number of nitrogens with one attached hydrogen (secondary N) is 2. The summed E-state index contributed by atoms with van der Waals surface area (Å²) in [6.07, 6.45) is 0.195. The molecule has 0 fully saturated rings. The van der Waals surface area contributed by atoms with E-state index in [1.807, 2.05) is 67.6 Å². The third-order valence-corrected chi connectivity index (χ3v) is 8.19. The molecule has 4 aromatic carbocycles. The normalized spacial score (nSPS) is 12.5. The molecule has 5 aromatic rings. The predicted molar refractivity (Wildman–Crippen MR) is 156 cm³/mol. The molecule has 0 aliphatic rings. The molecule has 0 aliphatic heterocycles. The lowest BCUT2D eigenvalue weighted by Crippen LogP contribution is -2.45. The van der Waals surface area contributed by atoms with E-state index in [0.29, 0.717) is 18.0 Å². The van der Waals surface area contributed by atoms with Crippen LogP contribution in [-0.2, 0) is 27.8 Å². The average Bonchev–Trinajstić information content (AvgIpc) is 3.26. The zero-order valence-corrected chi connectivity index (χ0v) is 22.7. The Hall–Kier alpha value is -4.14. The van der Waals surface area contributed by atoms with Crippen molar-refractivity contribution in [2.24, 2.45) is 0 Å². The van der Waals surface area contributed by atoms with E-state index in [9.17, 15) is 13.2 Å². The van der Waals surface area contributed by atoms with E-state index in [1.54, 1.807) is 12.1 Å². The lowest BCUT2D eigenvalue weighted by Gasteiger charge is -2.19. The number of amides is 1. The van der Waals surface area contributed by atoms with E-state index in [0.717, 1.165) is 33.9 Å². The first-order valence-corrected chi connectivity index (χ1v) is 14.5. The van der Waals surface area contributed by atoms with Crippen molar-refractivity contribution in [2.75, 3.05) is 11.9 Å². The van der Waals surface area contributed by atoms with Crippen LogP contribution in [0.5, 0.6) is 5.75 Å². The number of hydrogen-bond donors (Lipinski definition) is 2. The minimum absolute atomic E-state index is 0.0607. The van der Waals surface area contributed by atoms with E-state index >= 15 is 0 Å².